The van der Waals surface area contributed by atoms with E-state index < -0.39 is 0 Å². The Bertz CT molecular complexity index is 967. The van der Waals surface area contributed by atoms with Gasteiger partial charge in [-0.25, -0.2) is 0 Å². The average molecular weight is 361 g/mol. The van der Waals surface area contributed by atoms with Crippen LogP contribution in [0.5, 0.6) is 0 Å². The summed E-state index contributed by atoms with van der Waals surface area (Å²) in [6, 6.07) is 12.7. The average Bonchev–Trinajstić information content (AvgIpc) is 3.31. The maximum Gasteiger partial charge on any atom is 0.256 e. The zero-order valence-corrected chi connectivity index (χ0v) is 14.7. The summed E-state index contributed by atoms with van der Waals surface area (Å²) in [5.41, 5.74) is 2.33. The van der Waals surface area contributed by atoms with E-state index in [1.54, 1.807) is 46.2 Å². The first kappa shape index (κ1) is 17.0. The molecule has 3 aromatic rings. The molecule has 1 aliphatic heterocycles. The molecule has 2 amide bonds. The summed E-state index contributed by atoms with van der Waals surface area (Å²) in [6.45, 7) is 1.30. The summed E-state index contributed by atoms with van der Waals surface area (Å²) in [4.78, 5) is 30.2. The number of carbonyl (C=O) groups is 2. The van der Waals surface area contributed by atoms with Gasteiger partial charge in [0.15, 0.2) is 5.82 Å². The first-order valence-corrected chi connectivity index (χ1v) is 8.83. The van der Waals surface area contributed by atoms with Crippen LogP contribution in [0.25, 0.3) is 0 Å². The molecular formula is C20H19N5O2. The van der Waals surface area contributed by atoms with Crippen molar-refractivity contribution in [2.75, 3.05) is 16.8 Å². The van der Waals surface area contributed by atoms with E-state index in [4.69, 9.17) is 0 Å². The predicted octanol–water partition coefficient (Wildman–Crippen LogP) is 2.71. The number of amides is 2. The fourth-order valence-corrected chi connectivity index (χ4v) is 3.12. The third-order valence-electron chi connectivity index (χ3n) is 4.47. The molecule has 1 aliphatic rings. The standard InChI is InChI=1S/C20H19N5O2/c26-19-5-2-11-25(19)17-4-1-3-16(13-17)20(27)22-18-8-12-24(23-18)14-15-6-9-21-10-7-15/h1,3-4,6-10,12-13H,2,5,11,14H2,(H,22,23,27). The molecular weight excluding hydrogens is 342 g/mol. The van der Waals surface area contributed by atoms with Crippen LogP contribution >= 0.6 is 0 Å². The van der Waals surface area contributed by atoms with Crippen LogP contribution in [-0.2, 0) is 11.3 Å². The number of carbonyl (C=O) groups excluding carboxylic acids is 2. The van der Waals surface area contributed by atoms with Gasteiger partial charge in [-0.1, -0.05) is 6.07 Å². The summed E-state index contributed by atoms with van der Waals surface area (Å²) >= 11 is 0. The Morgan fingerprint density at radius 3 is 2.78 bits per heavy atom. The highest BCUT2D eigenvalue weighted by Crippen LogP contribution is 2.22. The Hall–Kier alpha value is -3.48. The zero-order valence-electron chi connectivity index (χ0n) is 14.7. The van der Waals surface area contributed by atoms with Crippen LogP contribution in [0.2, 0.25) is 0 Å². The lowest BCUT2D eigenvalue weighted by molar-refractivity contribution is -0.117. The molecule has 0 radical (unpaired) electrons. The fraction of sp³-hybridized carbons (Fsp3) is 0.200. The van der Waals surface area contributed by atoms with Gasteiger partial charge in [0.1, 0.15) is 0 Å². The first-order valence-electron chi connectivity index (χ1n) is 8.83. The molecule has 0 saturated carbocycles. The Kier molecular flexibility index (Phi) is 4.65. The fourth-order valence-electron chi connectivity index (χ4n) is 3.12. The number of nitrogens with zero attached hydrogens (tertiary/aromatic N) is 4. The molecule has 0 spiro atoms. The second kappa shape index (κ2) is 7.41. The van der Waals surface area contributed by atoms with Gasteiger partial charge in [0.2, 0.25) is 5.91 Å². The molecule has 136 valence electrons. The number of nitrogens with one attached hydrogen (secondary N) is 1. The maximum absolute atomic E-state index is 12.6. The third-order valence-corrected chi connectivity index (χ3v) is 4.47. The van der Waals surface area contributed by atoms with Crippen molar-refractivity contribution in [3.05, 3.63) is 72.2 Å². The molecule has 0 bridgehead atoms. The predicted molar refractivity (Wildman–Crippen MR) is 102 cm³/mol. The lowest BCUT2D eigenvalue weighted by Gasteiger charge is -2.16. The quantitative estimate of drug-likeness (QED) is 0.758. The molecule has 3 heterocycles. The molecule has 4 rings (SSSR count). The van der Waals surface area contributed by atoms with Crippen molar-refractivity contribution in [2.45, 2.75) is 19.4 Å². The smallest absolute Gasteiger partial charge is 0.256 e. The Morgan fingerprint density at radius 1 is 1.15 bits per heavy atom. The Morgan fingerprint density at radius 2 is 2.00 bits per heavy atom. The number of benzene rings is 1. The van der Waals surface area contributed by atoms with Gasteiger partial charge in [-0.05, 0) is 42.3 Å². The largest absolute Gasteiger partial charge is 0.312 e. The van der Waals surface area contributed by atoms with Crippen LogP contribution in [0.4, 0.5) is 11.5 Å². The van der Waals surface area contributed by atoms with E-state index in [0.29, 0.717) is 30.9 Å². The van der Waals surface area contributed by atoms with E-state index in [-0.39, 0.29) is 11.8 Å². The summed E-state index contributed by atoms with van der Waals surface area (Å²) in [5.74, 6) is 0.330. The van der Waals surface area contributed by atoms with Crippen molar-refractivity contribution in [3.63, 3.8) is 0 Å². The van der Waals surface area contributed by atoms with E-state index in [2.05, 4.69) is 15.4 Å². The van der Waals surface area contributed by atoms with Gasteiger partial charge in [0, 0.05) is 48.9 Å². The van der Waals surface area contributed by atoms with Crippen molar-refractivity contribution in [1.82, 2.24) is 14.8 Å². The normalized spacial score (nSPS) is 13.8. The molecule has 1 aromatic carbocycles. The Balaban J connectivity index is 1.44. The highest BCUT2D eigenvalue weighted by Gasteiger charge is 2.22. The summed E-state index contributed by atoms with van der Waals surface area (Å²) < 4.78 is 1.75. The second-order valence-corrected chi connectivity index (χ2v) is 6.41. The van der Waals surface area contributed by atoms with E-state index in [1.807, 2.05) is 24.4 Å². The lowest BCUT2D eigenvalue weighted by atomic mass is 10.1. The molecule has 1 N–H and O–H groups in total. The van der Waals surface area contributed by atoms with Crippen LogP contribution in [0.1, 0.15) is 28.8 Å². The van der Waals surface area contributed by atoms with Gasteiger partial charge < -0.3 is 10.2 Å². The highest BCUT2D eigenvalue weighted by molar-refractivity contribution is 6.05. The van der Waals surface area contributed by atoms with Gasteiger partial charge in [0.05, 0.1) is 6.54 Å². The Labute approximate surface area is 156 Å². The first-order chi connectivity index (χ1) is 13.2. The van der Waals surface area contributed by atoms with Crippen LogP contribution in [0, 0.1) is 0 Å². The summed E-state index contributed by atoms with van der Waals surface area (Å²) in [7, 11) is 0. The van der Waals surface area contributed by atoms with Gasteiger partial charge >= 0.3 is 0 Å². The number of rotatable bonds is 5. The maximum atomic E-state index is 12.6. The molecule has 0 atom stereocenters. The monoisotopic (exact) mass is 361 g/mol. The molecule has 7 heteroatoms. The number of pyridine rings is 1. The number of hydrogen-bond acceptors (Lipinski definition) is 4. The van der Waals surface area contributed by atoms with Gasteiger partial charge in [-0.2, -0.15) is 5.10 Å². The molecule has 7 nitrogen and oxygen atoms in total. The topological polar surface area (TPSA) is 80.1 Å². The van der Waals surface area contributed by atoms with E-state index >= 15 is 0 Å². The van der Waals surface area contributed by atoms with Gasteiger partial charge in [-0.3, -0.25) is 19.3 Å². The van der Waals surface area contributed by atoms with Crippen LogP contribution < -0.4 is 10.2 Å². The molecule has 1 fully saturated rings. The van der Waals surface area contributed by atoms with Crippen molar-refractivity contribution in [3.8, 4) is 0 Å². The summed E-state index contributed by atoms with van der Waals surface area (Å²) in [5, 5.41) is 7.19. The minimum atomic E-state index is -0.252. The van der Waals surface area contributed by atoms with E-state index in [9.17, 15) is 9.59 Å². The van der Waals surface area contributed by atoms with Crippen LogP contribution in [0.15, 0.2) is 61.1 Å². The van der Waals surface area contributed by atoms with Gasteiger partial charge in [0.25, 0.3) is 5.91 Å². The van der Waals surface area contributed by atoms with Crippen molar-refractivity contribution in [1.29, 1.82) is 0 Å². The molecule has 0 aliphatic carbocycles. The number of aromatic nitrogens is 3. The van der Waals surface area contributed by atoms with Gasteiger partial charge in [-0.15, -0.1) is 0 Å². The molecule has 2 aromatic heterocycles. The number of hydrogen-bond donors (Lipinski definition) is 1. The minimum Gasteiger partial charge on any atom is -0.312 e. The van der Waals surface area contributed by atoms with Crippen molar-refractivity contribution in [2.24, 2.45) is 0 Å². The van der Waals surface area contributed by atoms with Crippen molar-refractivity contribution < 1.29 is 9.59 Å². The van der Waals surface area contributed by atoms with Crippen molar-refractivity contribution >= 4 is 23.3 Å². The minimum absolute atomic E-state index is 0.0995. The van der Waals surface area contributed by atoms with E-state index in [1.165, 1.54) is 0 Å². The SMILES string of the molecule is O=C(Nc1ccn(Cc2ccncc2)n1)c1cccc(N2CCCC2=O)c1. The zero-order chi connectivity index (χ0) is 18.6. The third kappa shape index (κ3) is 3.87. The summed E-state index contributed by atoms with van der Waals surface area (Å²) in [6.07, 6.45) is 6.70. The lowest BCUT2D eigenvalue weighted by Crippen LogP contribution is -2.24. The molecule has 27 heavy (non-hydrogen) atoms. The highest BCUT2D eigenvalue weighted by atomic mass is 16.2. The second-order valence-electron chi connectivity index (χ2n) is 6.41. The molecule has 0 unspecified atom stereocenters. The number of anilines is 2. The van der Waals surface area contributed by atoms with Crippen LogP contribution in [-0.4, -0.2) is 33.1 Å². The molecule has 1 saturated heterocycles. The van der Waals surface area contributed by atoms with E-state index in [0.717, 1.165) is 17.7 Å². The van der Waals surface area contributed by atoms with Crippen LogP contribution in [0.3, 0.4) is 0 Å².